The van der Waals surface area contributed by atoms with Crippen molar-refractivity contribution in [2.75, 3.05) is 28.4 Å². The first kappa shape index (κ1) is 27.0. The van der Waals surface area contributed by atoms with Crippen LogP contribution in [0.25, 0.3) is 0 Å². The second kappa shape index (κ2) is 14.9. The van der Waals surface area contributed by atoms with Crippen LogP contribution in [0.3, 0.4) is 0 Å². The van der Waals surface area contributed by atoms with Crippen LogP contribution in [0.2, 0.25) is 0 Å². The van der Waals surface area contributed by atoms with Gasteiger partial charge in [-0.15, -0.1) is 0 Å². The van der Waals surface area contributed by atoms with E-state index in [0.717, 1.165) is 0 Å². The van der Waals surface area contributed by atoms with E-state index in [2.05, 4.69) is 0 Å². The van der Waals surface area contributed by atoms with E-state index in [9.17, 15) is 19.8 Å². The summed E-state index contributed by atoms with van der Waals surface area (Å²) in [6.45, 7) is 3.76. The second-order valence-corrected chi connectivity index (χ2v) is 6.03. The molecule has 1 aliphatic heterocycles. The minimum absolute atomic E-state index is 0.247. The van der Waals surface area contributed by atoms with Gasteiger partial charge in [0, 0.05) is 28.4 Å². The number of carbonyl (C=O) groups excluding carboxylic acids is 2. The van der Waals surface area contributed by atoms with E-state index in [-0.39, 0.29) is 6.10 Å². The van der Waals surface area contributed by atoms with Crippen LogP contribution in [-0.4, -0.2) is 100 Å². The van der Waals surface area contributed by atoms with Gasteiger partial charge in [-0.3, -0.25) is 4.79 Å². The lowest BCUT2D eigenvalue weighted by Gasteiger charge is -2.41. The van der Waals surface area contributed by atoms with Crippen molar-refractivity contribution in [2.45, 2.75) is 75.9 Å². The Morgan fingerprint density at radius 1 is 0.964 bits per heavy atom. The number of methoxy groups -OCH3 is 4. The van der Waals surface area contributed by atoms with Gasteiger partial charge in [0.15, 0.2) is 18.9 Å². The summed E-state index contributed by atoms with van der Waals surface area (Å²) < 4.78 is 30.2. The van der Waals surface area contributed by atoms with E-state index in [4.69, 9.17) is 28.4 Å². The zero-order valence-corrected chi connectivity index (χ0v) is 17.3. The number of aldehydes is 2. The molecular formula is C18H34O10. The lowest BCUT2D eigenvalue weighted by atomic mass is 9.97. The fraction of sp³-hybridized carbons (Fsp3) is 0.889. The Hall–Kier alpha value is -0.980. The number of aliphatic hydroxyl groups is 2. The van der Waals surface area contributed by atoms with Gasteiger partial charge >= 0.3 is 0 Å². The van der Waals surface area contributed by atoms with E-state index in [0.29, 0.717) is 25.4 Å². The molecule has 0 aromatic carbocycles. The molecule has 166 valence electrons. The maximum absolute atomic E-state index is 10.6. The summed E-state index contributed by atoms with van der Waals surface area (Å²) in [6, 6.07) is 0. The van der Waals surface area contributed by atoms with E-state index < -0.39 is 43.1 Å². The fourth-order valence-corrected chi connectivity index (χ4v) is 2.74. The molecule has 0 amide bonds. The first-order chi connectivity index (χ1) is 13.4. The minimum Gasteiger partial charge on any atom is -0.387 e. The molecule has 1 aliphatic rings. The quantitative estimate of drug-likeness (QED) is 0.345. The summed E-state index contributed by atoms with van der Waals surface area (Å²) in [6.07, 6.45) is -3.20. The minimum atomic E-state index is -1.06. The summed E-state index contributed by atoms with van der Waals surface area (Å²) in [5, 5.41) is 19.3. The Labute approximate surface area is 166 Å². The molecule has 0 aromatic heterocycles. The maximum Gasteiger partial charge on any atom is 0.214 e. The van der Waals surface area contributed by atoms with Gasteiger partial charge in [0.1, 0.15) is 24.4 Å². The van der Waals surface area contributed by atoms with Gasteiger partial charge in [0.05, 0.1) is 12.2 Å². The average Bonchev–Trinajstić information content (AvgIpc) is 2.73. The Balaban J connectivity index is 0.000000521. The number of hydrogen-bond acceptors (Lipinski definition) is 10. The first-order valence-electron chi connectivity index (χ1n) is 9.07. The fourth-order valence-electron chi connectivity index (χ4n) is 2.74. The largest absolute Gasteiger partial charge is 0.387 e. The Morgan fingerprint density at radius 3 is 1.96 bits per heavy atom. The third kappa shape index (κ3) is 7.80. The lowest BCUT2D eigenvalue weighted by Crippen LogP contribution is -2.58. The standard InChI is InChI=1S/C9H18O5.C9H16O5/c1-4-5-8(12-2)6(10)7(11)9(13-3)14-5;1-4-7(8(5-10)12-2)14-9(6-11)13-3/h5-11H,4H2,1-3H3;5-9H,4H2,1-3H3/t5?,6-,7?,8-,9+;7?,8-,9-/m10/s1. The predicted octanol–water partition coefficient (Wildman–Crippen LogP) is -0.329. The monoisotopic (exact) mass is 410 g/mol. The van der Waals surface area contributed by atoms with Crippen molar-refractivity contribution in [3.63, 3.8) is 0 Å². The molecule has 1 fully saturated rings. The number of hydrogen-bond donors (Lipinski definition) is 2. The molecule has 8 atom stereocenters. The third-order valence-corrected chi connectivity index (χ3v) is 4.37. The molecule has 1 saturated heterocycles. The van der Waals surface area contributed by atoms with Crippen molar-refractivity contribution in [1.82, 2.24) is 0 Å². The van der Waals surface area contributed by atoms with Crippen LogP contribution in [0, 0.1) is 0 Å². The third-order valence-electron chi connectivity index (χ3n) is 4.37. The molecule has 1 heterocycles. The van der Waals surface area contributed by atoms with Crippen LogP contribution < -0.4 is 0 Å². The van der Waals surface area contributed by atoms with E-state index in [1.54, 1.807) is 0 Å². The Bertz CT molecular complexity index is 419. The van der Waals surface area contributed by atoms with Gasteiger partial charge in [-0.25, -0.2) is 0 Å². The number of rotatable bonds is 11. The van der Waals surface area contributed by atoms with Crippen LogP contribution >= 0.6 is 0 Å². The summed E-state index contributed by atoms with van der Waals surface area (Å²) >= 11 is 0. The zero-order chi connectivity index (χ0) is 21.7. The van der Waals surface area contributed by atoms with Gasteiger partial charge in [-0.2, -0.15) is 0 Å². The van der Waals surface area contributed by atoms with Gasteiger partial charge in [0.2, 0.25) is 6.29 Å². The molecule has 0 spiro atoms. The average molecular weight is 410 g/mol. The van der Waals surface area contributed by atoms with Crippen LogP contribution in [-0.2, 0) is 38.0 Å². The van der Waals surface area contributed by atoms with Crippen molar-refractivity contribution >= 4 is 12.6 Å². The molecule has 0 bridgehead atoms. The molecule has 28 heavy (non-hydrogen) atoms. The Morgan fingerprint density at radius 2 is 1.61 bits per heavy atom. The highest BCUT2D eigenvalue weighted by Gasteiger charge is 2.44. The van der Waals surface area contributed by atoms with Crippen molar-refractivity contribution < 1.29 is 48.2 Å². The SMILES string of the molecule is CCC(O[C@@H](C=O)OC)[C@H](C=O)OC.CCC1O[C@H](OC)C(O)[C@@H](O)[C@@H]1OC. The number of ether oxygens (including phenoxy) is 6. The normalized spacial score (nSPS) is 30.5. The molecule has 0 aromatic rings. The van der Waals surface area contributed by atoms with E-state index >= 15 is 0 Å². The molecule has 3 unspecified atom stereocenters. The molecule has 10 nitrogen and oxygen atoms in total. The highest BCUT2D eigenvalue weighted by molar-refractivity contribution is 5.57. The Kier molecular flexibility index (Phi) is 14.4. The van der Waals surface area contributed by atoms with Gasteiger partial charge in [0.25, 0.3) is 0 Å². The van der Waals surface area contributed by atoms with Crippen molar-refractivity contribution in [3.05, 3.63) is 0 Å². The molecule has 0 radical (unpaired) electrons. The lowest BCUT2D eigenvalue weighted by molar-refractivity contribution is -0.293. The smallest absolute Gasteiger partial charge is 0.214 e. The zero-order valence-electron chi connectivity index (χ0n) is 17.3. The predicted molar refractivity (Wildman–Crippen MR) is 97.7 cm³/mol. The van der Waals surface area contributed by atoms with Crippen LogP contribution in [0.4, 0.5) is 0 Å². The van der Waals surface area contributed by atoms with E-state index in [1.165, 1.54) is 28.4 Å². The van der Waals surface area contributed by atoms with Crippen LogP contribution in [0.1, 0.15) is 26.7 Å². The number of aliphatic hydroxyl groups excluding tert-OH is 2. The topological polar surface area (TPSA) is 130 Å². The van der Waals surface area contributed by atoms with Crippen molar-refractivity contribution in [1.29, 1.82) is 0 Å². The summed E-state index contributed by atoms with van der Waals surface area (Å²) in [7, 11) is 5.68. The van der Waals surface area contributed by atoms with Crippen molar-refractivity contribution in [3.8, 4) is 0 Å². The first-order valence-corrected chi connectivity index (χ1v) is 9.07. The summed E-state index contributed by atoms with van der Waals surface area (Å²) in [4.78, 5) is 21.0. The van der Waals surface area contributed by atoms with Crippen molar-refractivity contribution in [2.24, 2.45) is 0 Å². The molecule has 10 heteroatoms. The molecule has 0 aliphatic carbocycles. The van der Waals surface area contributed by atoms with Crippen LogP contribution in [0.5, 0.6) is 0 Å². The van der Waals surface area contributed by atoms with Gasteiger partial charge in [-0.05, 0) is 12.8 Å². The maximum atomic E-state index is 10.6. The highest BCUT2D eigenvalue weighted by atomic mass is 16.7. The molecular weight excluding hydrogens is 376 g/mol. The highest BCUT2D eigenvalue weighted by Crippen LogP contribution is 2.25. The van der Waals surface area contributed by atoms with E-state index in [1.807, 2.05) is 13.8 Å². The molecule has 0 saturated carbocycles. The van der Waals surface area contributed by atoms with Crippen LogP contribution in [0.15, 0.2) is 0 Å². The number of carbonyl (C=O) groups is 2. The van der Waals surface area contributed by atoms with Gasteiger partial charge in [-0.1, -0.05) is 13.8 Å². The molecule has 2 N–H and O–H groups in total. The van der Waals surface area contributed by atoms with Gasteiger partial charge < -0.3 is 43.4 Å². The molecule has 1 rings (SSSR count). The second-order valence-electron chi connectivity index (χ2n) is 6.03. The summed E-state index contributed by atoms with van der Waals surface area (Å²) in [5.74, 6) is 0. The summed E-state index contributed by atoms with van der Waals surface area (Å²) in [5.41, 5.74) is 0.